The largest absolute Gasteiger partial charge is 0.335 e. The number of urea groups is 1. The van der Waals surface area contributed by atoms with Crippen LogP contribution in [-0.4, -0.2) is 70.4 Å². The molecule has 33 heavy (non-hydrogen) atoms. The van der Waals surface area contributed by atoms with Crippen LogP contribution >= 0.6 is 0 Å². The Bertz CT molecular complexity index is 995. The zero-order chi connectivity index (χ0) is 22.6. The molecule has 0 aromatic carbocycles. The number of rotatable bonds is 6. The van der Waals surface area contributed by atoms with E-state index in [2.05, 4.69) is 49.7 Å². The van der Waals surface area contributed by atoms with Crippen molar-refractivity contribution >= 4 is 29.1 Å². The first-order valence-electron chi connectivity index (χ1n) is 12.6. The number of nitrogens with one attached hydrogen (secondary N) is 2. The first-order chi connectivity index (χ1) is 16.2. The van der Waals surface area contributed by atoms with Crippen LogP contribution in [0.1, 0.15) is 63.4 Å². The molecule has 2 amide bonds. The molecular formula is C25H35N7O. The third kappa shape index (κ3) is 5.27. The van der Waals surface area contributed by atoms with Crippen molar-refractivity contribution in [2.45, 2.75) is 69.9 Å². The first-order valence-corrected chi connectivity index (χ1v) is 12.6. The molecule has 3 aliphatic rings. The van der Waals surface area contributed by atoms with Crippen LogP contribution in [0.5, 0.6) is 0 Å². The minimum atomic E-state index is -0.179. The summed E-state index contributed by atoms with van der Waals surface area (Å²) in [6.07, 6.45) is 12.1. The Labute approximate surface area is 195 Å². The van der Waals surface area contributed by atoms with E-state index in [1.807, 2.05) is 18.3 Å². The van der Waals surface area contributed by atoms with E-state index in [9.17, 15) is 4.79 Å². The minimum Gasteiger partial charge on any atom is -0.335 e. The standard InChI is InChI=1S/C25H35N7O/c1-2-11-31-12-9-21(10-13-31)32-17-19(16-27-32)18-14-23-22(26-15-18)7-8-24(29-23)30-25(33)28-20-5-3-4-6-20/h7-8,14-16,19-21H,2-6,9-13,17H2,1H3,(H2,28,29,30,33). The lowest BCUT2D eigenvalue weighted by molar-refractivity contribution is 0.118. The van der Waals surface area contributed by atoms with E-state index in [-0.39, 0.29) is 18.0 Å². The van der Waals surface area contributed by atoms with Crippen molar-refractivity contribution in [3.8, 4) is 0 Å². The number of amides is 2. The van der Waals surface area contributed by atoms with E-state index in [0.717, 1.165) is 36.0 Å². The van der Waals surface area contributed by atoms with Crippen LogP contribution in [0.4, 0.5) is 10.6 Å². The Morgan fingerprint density at radius 1 is 1.12 bits per heavy atom. The van der Waals surface area contributed by atoms with E-state index in [1.54, 1.807) is 0 Å². The van der Waals surface area contributed by atoms with Gasteiger partial charge in [-0.15, -0.1) is 0 Å². The fourth-order valence-electron chi connectivity index (χ4n) is 5.36. The molecule has 0 bridgehead atoms. The molecule has 0 spiro atoms. The van der Waals surface area contributed by atoms with Crippen molar-refractivity contribution in [2.24, 2.45) is 5.10 Å². The van der Waals surface area contributed by atoms with Crippen molar-refractivity contribution in [1.82, 2.24) is 25.2 Å². The molecule has 4 heterocycles. The average molecular weight is 450 g/mol. The van der Waals surface area contributed by atoms with Gasteiger partial charge in [0.05, 0.1) is 11.0 Å². The number of pyridine rings is 2. The maximum atomic E-state index is 12.3. The monoisotopic (exact) mass is 449 g/mol. The molecule has 1 unspecified atom stereocenters. The van der Waals surface area contributed by atoms with E-state index in [4.69, 9.17) is 5.10 Å². The second-order valence-corrected chi connectivity index (χ2v) is 9.65. The number of aromatic nitrogens is 2. The van der Waals surface area contributed by atoms with Crippen molar-refractivity contribution in [2.75, 3.05) is 31.5 Å². The molecule has 2 aromatic heterocycles. The summed E-state index contributed by atoms with van der Waals surface area (Å²) in [6.45, 7) is 6.68. The van der Waals surface area contributed by atoms with Gasteiger partial charge in [0.2, 0.25) is 0 Å². The molecule has 0 radical (unpaired) electrons. The predicted molar refractivity (Wildman–Crippen MR) is 132 cm³/mol. The Morgan fingerprint density at radius 3 is 2.73 bits per heavy atom. The van der Waals surface area contributed by atoms with Crippen LogP contribution < -0.4 is 10.6 Å². The molecule has 1 aliphatic carbocycles. The van der Waals surface area contributed by atoms with Crippen LogP contribution in [-0.2, 0) is 0 Å². The van der Waals surface area contributed by atoms with Gasteiger partial charge >= 0.3 is 6.03 Å². The van der Waals surface area contributed by atoms with Crippen LogP contribution in [0.15, 0.2) is 29.5 Å². The second kappa shape index (κ2) is 10.0. The third-order valence-corrected chi connectivity index (χ3v) is 7.22. The lowest BCUT2D eigenvalue weighted by atomic mass is 10.00. The van der Waals surface area contributed by atoms with Crippen LogP contribution in [0.2, 0.25) is 0 Å². The zero-order valence-corrected chi connectivity index (χ0v) is 19.5. The van der Waals surface area contributed by atoms with Crippen molar-refractivity contribution < 1.29 is 4.79 Å². The van der Waals surface area contributed by atoms with Gasteiger partial charge in [-0.1, -0.05) is 19.8 Å². The van der Waals surface area contributed by atoms with Gasteiger partial charge in [-0.2, -0.15) is 5.10 Å². The fourth-order valence-corrected chi connectivity index (χ4v) is 5.36. The van der Waals surface area contributed by atoms with E-state index >= 15 is 0 Å². The third-order valence-electron chi connectivity index (χ3n) is 7.22. The molecule has 176 valence electrons. The molecule has 1 saturated carbocycles. The quantitative estimate of drug-likeness (QED) is 0.697. The highest BCUT2D eigenvalue weighted by molar-refractivity contribution is 5.90. The highest BCUT2D eigenvalue weighted by atomic mass is 16.2. The van der Waals surface area contributed by atoms with E-state index in [0.29, 0.717) is 11.9 Å². The zero-order valence-electron chi connectivity index (χ0n) is 19.5. The molecule has 8 nitrogen and oxygen atoms in total. The lowest BCUT2D eigenvalue weighted by Gasteiger charge is -2.36. The lowest BCUT2D eigenvalue weighted by Crippen LogP contribution is -2.42. The Balaban J connectivity index is 1.21. The summed E-state index contributed by atoms with van der Waals surface area (Å²) in [5.74, 6) is 0.775. The summed E-state index contributed by atoms with van der Waals surface area (Å²) >= 11 is 0. The number of nitrogens with zero attached hydrogens (tertiary/aromatic N) is 5. The van der Waals surface area contributed by atoms with E-state index < -0.39 is 0 Å². The molecule has 2 fully saturated rings. The summed E-state index contributed by atoms with van der Waals surface area (Å²) in [5, 5.41) is 13.0. The number of carbonyl (C=O) groups is 1. The fraction of sp³-hybridized carbons (Fsp3) is 0.600. The molecule has 5 rings (SSSR count). The van der Waals surface area contributed by atoms with Gasteiger partial charge in [0.1, 0.15) is 5.82 Å². The Morgan fingerprint density at radius 2 is 1.94 bits per heavy atom. The number of carbonyl (C=O) groups excluding carboxylic acids is 1. The average Bonchev–Trinajstić information content (AvgIpc) is 3.52. The number of hydrazone groups is 1. The topological polar surface area (TPSA) is 85.8 Å². The number of fused-ring (bicyclic) bond motifs is 1. The van der Waals surface area contributed by atoms with Crippen LogP contribution in [0, 0.1) is 0 Å². The van der Waals surface area contributed by atoms with Crippen molar-refractivity contribution in [1.29, 1.82) is 0 Å². The summed E-state index contributed by atoms with van der Waals surface area (Å²) < 4.78 is 0. The van der Waals surface area contributed by atoms with Gasteiger partial charge in [-0.25, -0.2) is 9.78 Å². The summed E-state index contributed by atoms with van der Waals surface area (Å²) in [7, 11) is 0. The van der Waals surface area contributed by atoms with Gasteiger partial charge in [-0.05, 0) is 62.4 Å². The number of hydrogen-bond acceptors (Lipinski definition) is 6. The molecule has 2 N–H and O–H groups in total. The summed E-state index contributed by atoms with van der Waals surface area (Å²) in [4.78, 5) is 24.2. The molecule has 2 aromatic rings. The summed E-state index contributed by atoms with van der Waals surface area (Å²) in [5.41, 5.74) is 2.75. The highest BCUT2D eigenvalue weighted by Gasteiger charge is 2.29. The second-order valence-electron chi connectivity index (χ2n) is 9.65. The van der Waals surface area contributed by atoms with E-state index in [1.165, 1.54) is 51.7 Å². The van der Waals surface area contributed by atoms with Gasteiger partial charge in [0, 0.05) is 50.0 Å². The van der Waals surface area contributed by atoms with Gasteiger partial charge < -0.3 is 10.2 Å². The van der Waals surface area contributed by atoms with Gasteiger partial charge in [0.25, 0.3) is 0 Å². The summed E-state index contributed by atoms with van der Waals surface area (Å²) in [6, 6.07) is 6.44. The number of hydrogen-bond donors (Lipinski definition) is 2. The molecule has 2 aliphatic heterocycles. The smallest absolute Gasteiger partial charge is 0.320 e. The Kier molecular flexibility index (Phi) is 6.71. The van der Waals surface area contributed by atoms with Gasteiger partial charge in [-0.3, -0.25) is 15.3 Å². The van der Waals surface area contributed by atoms with Gasteiger partial charge in [0.15, 0.2) is 0 Å². The van der Waals surface area contributed by atoms with Crippen molar-refractivity contribution in [3.05, 3.63) is 30.0 Å². The molecule has 8 heteroatoms. The minimum absolute atomic E-state index is 0.179. The predicted octanol–water partition coefficient (Wildman–Crippen LogP) is 3.95. The number of piperidine rings is 1. The molecule has 1 saturated heterocycles. The maximum absolute atomic E-state index is 12.3. The Hall–Kier alpha value is -2.74. The number of anilines is 1. The molecular weight excluding hydrogens is 414 g/mol. The normalized spacial score (nSPS) is 22.3. The molecule has 1 atom stereocenters. The first kappa shape index (κ1) is 22.1. The SMILES string of the molecule is CCCN1CCC(N2CC(c3cnc4ccc(NC(=O)NC5CCCC5)nc4c3)C=N2)CC1. The highest BCUT2D eigenvalue weighted by Crippen LogP contribution is 2.27. The van der Waals surface area contributed by atoms with Crippen molar-refractivity contribution in [3.63, 3.8) is 0 Å². The van der Waals surface area contributed by atoms with Crippen LogP contribution in [0.25, 0.3) is 11.0 Å². The maximum Gasteiger partial charge on any atom is 0.320 e. The number of likely N-dealkylation sites (tertiary alicyclic amines) is 1. The van der Waals surface area contributed by atoms with Crippen LogP contribution in [0.3, 0.4) is 0 Å².